The second-order valence-electron chi connectivity index (χ2n) is 6.31. The number of carbonyl (C=O) groups is 1. The minimum atomic E-state index is -0.0219. The van der Waals surface area contributed by atoms with Gasteiger partial charge < -0.3 is 14.5 Å². The summed E-state index contributed by atoms with van der Waals surface area (Å²) < 4.78 is 5.86. The number of ether oxygens (including phenoxy) is 1. The first-order valence-corrected chi connectivity index (χ1v) is 8.06. The maximum absolute atomic E-state index is 12.5. The summed E-state index contributed by atoms with van der Waals surface area (Å²) in [6.07, 6.45) is 0.131. The Labute approximate surface area is 132 Å². The lowest BCUT2D eigenvalue weighted by Crippen LogP contribution is -2.61. The maximum atomic E-state index is 12.5. The number of carbonyl (C=O) groups excluding carboxylic acids is 1. The van der Waals surface area contributed by atoms with E-state index in [-0.39, 0.29) is 18.1 Å². The lowest BCUT2D eigenvalue weighted by molar-refractivity contribution is -0.146. The summed E-state index contributed by atoms with van der Waals surface area (Å²) in [4.78, 5) is 19.0. The van der Waals surface area contributed by atoms with E-state index in [1.165, 1.54) is 0 Å². The number of piperazine rings is 1. The Bertz CT molecular complexity index is 494. The molecule has 5 nitrogen and oxygen atoms in total. The van der Waals surface area contributed by atoms with Gasteiger partial charge in [-0.3, -0.25) is 9.69 Å². The molecule has 2 heterocycles. The standard InChI is InChI=1S/C17H25N3O2/c1-14(19-10-8-18(2)9-11-19)17(21)20-12-16(13-20)22-15-6-4-3-5-7-15/h3-7,14,16H,8-13H2,1-2H3/t14-/m0/s1. The van der Waals surface area contributed by atoms with Crippen molar-refractivity contribution < 1.29 is 9.53 Å². The average molecular weight is 303 g/mol. The summed E-state index contributed by atoms with van der Waals surface area (Å²) in [5, 5.41) is 0. The number of likely N-dealkylation sites (tertiary alicyclic amines) is 1. The van der Waals surface area contributed by atoms with Crippen molar-refractivity contribution in [1.82, 2.24) is 14.7 Å². The first-order chi connectivity index (χ1) is 10.6. The molecular weight excluding hydrogens is 278 g/mol. The van der Waals surface area contributed by atoms with Gasteiger partial charge in [-0.1, -0.05) is 18.2 Å². The normalized spacial score (nSPS) is 22.2. The molecule has 2 aliphatic heterocycles. The molecule has 2 fully saturated rings. The molecule has 5 heteroatoms. The molecule has 0 N–H and O–H groups in total. The van der Waals surface area contributed by atoms with Crippen LogP contribution in [0.15, 0.2) is 30.3 Å². The molecule has 2 saturated heterocycles. The number of hydrogen-bond acceptors (Lipinski definition) is 4. The van der Waals surface area contributed by atoms with Gasteiger partial charge in [0, 0.05) is 26.2 Å². The highest BCUT2D eigenvalue weighted by Crippen LogP contribution is 2.19. The van der Waals surface area contributed by atoms with Crippen molar-refractivity contribution in [3.8, 4) is 5.75 Å². The van der Waals surface area contributed by atoms with Gasteiger partial charge in [0.05, 0.1) is 19.1 Å². The first-order valence-electron chi connectivity index (χ1n) is 8.06. The van der Waals surface area contributed by atoms with Crippen LogP contribution in [0.2, 0.25) is 0 Å². The molecule has 0 bridgehead atoms. The zero-order valence-electron chi connectivity index (χ0n) is 13.4. The molecule has 22 heavy (non-hydrogen) atoms. The zero-order valence-corrected chi connectivity index (χ0v) is 13.4. The van der Waals surface area contributed by atoms with Gasteiger partial charge in [-0.15, -0.1) is 0 Å². The second kappa shape index (κ2) is 6.67. The van der Waals surface area contributed by atoms with E-state index in [4.69, 9.17) is 4.74 Å². The fourth-order valence-corrected chi connectivity index (χ4v) is 3.01. The molecule has 1 aromatic carbocycles. The lowest BCUT2D eigenvalue weighted by atomic mass is 10.1. The van der Waals surface area contributed by atoms with Crippen molar-refractivity contribution in [2.45, 2.75) is 19.1 Å². The van der Waals surface area contributed by atoms with Gasteiger partial charge in [0.1, 0.15) is 11.9 Å². The molecule has 0 radical (unpaired) electrons. The van der Waals surface area contributed by atoms with Crippen molar-refractivity contribution in [3.05, 3.63) is 30.3 Å². The molecule has 0 saturated carbocycles. The van der Waals surface area contributed by atoms with Gasteiger partial charge in [0.15, 0.2) is 0 Å². The van der Waals surface area contributed by atoms with Crippen LogP contribution in [0, 0.1) is 0 Å². The fourth-order valence-electron chi connectivity index (χ4n) is 3.01. The molecule has 2 aliphatic rings. The van der Waals surface area contributed by atoms with Crippen LogP contribution in [0.25, 0.3) is 0 Å². The largest absolute Gasteiger partial charge is 0.487 e. The van der Waals surface area contributed by atoms with Gasteiger partial charge in [0.2, 0.25) is 5.91 Å². The van der Waals surface area contributed by atoms with E-state index in [0.29, 0.717) is 13.1 Å². The van der Waals surface area contributed by atoms with Gasteiger partial charge >= 0.3 is 0 Å². The number of likely N-dealkylation sites (N-methyl/N-ethyl adjacent to an activating group) is 1. The summed E-state index contributed by atoms with van der Waals surface area (Å²) in [7, 11) is 2.13. The predicted molar refractivity (Wildman–Crippen MR) is 86.0 cm³/mol. The van der Waals surface area contributed by atoms with Crippen LogP contribution in [-0.4, -0.2) is 79.1 Å². The van der Waals surface area contributed by atoms with Crippen molar-refractivity contribution in [1.29, 1.82) is 0 Å². The molecule has 0 unspecified atom stereocenters. The molecule has 120 valence electrons. The first kappa shape index (κ1) is 15.3. The Kier molecular flexibility index (Phi) is 4.64. The summed E-state index contributed by atoms with van der Waals surface area (Å²) in [5.74, 6) is 1.11. The number of rotatable bonds is 4. The fraction of sp³-hybridized carbons (Fsp3) is 0.588. The average Bonchev–Trinajstić information content (AvgIpc) is 2.51. The second-order valence-corrected chi connectivity index (χ2v) is 6.31. The zero-order chi connectivity index (χ0) is 15.5. The highest BCUT2D eigenvalue weighted by Gasteiger charge is 2.36. The quantitative estimate of drug-likeness (QED) is 0.828. The molecule has 1 aromatic rings. The van der Waals surface area contributed by atoms with Crippen LogP contribution < -0.4 is 4.74 Å². The van der Waals surface area contributed by atoms with Crippen molar-refractivity contribution in [2.24, 2.45) is 0 Å². The smallest absolute Gasteiger partial charge is 0.239 e. The third kappa shape index (κ3) is 3.42. The monoisotopic (exact) mass is 303 g/mol. The Morgan fingerprint density at radius 3 is 2.41 bits per heavy atom. The van der Waals surface area contributed by atoms with E-state index in [9.17, 15) is 4.79 Å². The van der Waals surface area contributed by atoms with Crippen molar-refractivity contribution in [3.63, 3.8) is 0 Å². The SMILES string of the molecule is C[C@@H](C(=O)N1CC(Oc2ccccc2)C1)N1CCN(C)CC1. The number of hydrogen-bond donors (Lipinski definition) is 0. The summed E-state index contributed by atoms with van der Waals surface area (Å²) in [6, 6.07) is 9.79. The van der Waals surface area contributed by atoms with E-state index in [2.05, 4.69) is 16.8 Å². The van der Waals surface area contributed by atoms with Crippen LogP contribution in [0.1, 0.15) is 6.92 Å². The minimum Gasteiger partial charge on any atom is -0.487 e. The Balaban J connectivity index is 1.45. The highest BCUT2D eigenvalue weighted by molar-refractivity contribution is 5.82. The predicted octanol–water partition coefficient (Wildman–Crippen LogP) is 0.912. The van der Waals surface area contributed by atoms with Gasteiger partial charge in [-0.2, -0.15) is 0 Å². The maximum Gasteiger partial charge on any atom is 0.239 e. The molecule has 0 spiro atoms. The van der Waals surface area contributed by atoms with Crippen LogP contribution >= 0.6 is 0 Å². The van der Waals surface area contributed by atoms with Gasteiger partial charge in [-0.25, -0.2) is 0 Å². The van der Waals surface area contributed by atoms with E-state index in [0.717, 1.165) is 31.9 Å². The molecule has 1 atom stereocenters. The van der Waals surface area contributed by atoms with Crippen LogP contribution in [-0.2, 0) is 4.79 Å². The topological polar surface area (TPSA) is 36.0 Å². The van der Waals surface area contributed by atoms with Crippen molar-refractivity contribution in [2.75, 3.05) is 46.3 Å². The van der Waals surface area contributed by atoms with Crippen molar-refractivity contribution >= 4 is 5.91 Å². The van der Waals surface area contributed by atoms with E-state index >= 15 is 0 Å². The number of benzene rings is 1. The van der Waals surface area contributed by atoms with E-state index in [1.54, 1.807) is 0 Å². The van der Waals surface area contributed by atoms with E-state index in [1.807, 2.05) is 42.2 Å². The third-order valence-electron chi connectivity index (χ3n) is 4.65. The van der Waals surface area contributed by atoms with Crippen LogP contribution in [0.5, 0.6) is 5.75 Å². The third-order valence-corrected chi connectivity index (χ3v) is 4.65. The van der Waals surface area contributed by atoms with E-state index < -0.39 is 0 Å². The molecule has 0 aliphatic carbocycles. The molecule has 3 rings (SSSR count). The van der Waals surface area contributed by atoms with Crippen LogP contribution in [0.3, 0.4) is 0 Å². The minimum absolute atomic E-state index is 0.0219. The highest BCUT2D eigenvalue weighted by atomic mass is 16.5. The van der Waals surface area contributed by atoms with Gasteiger partial charge in [0.25, 0.3) is 0 Å². The number of nitrogens with zero attached hydrogens (tertiary/aromatic N) is 3. The summed E-state index contributed by atoms with van der Waals surface area (Å²) in [6.45, 7) is 7.45. The number of para-hydroxylation sites is 1. The summed E-state index contributed by atoms with van der Waals surface area (Å²) in [5.41, 5.74) is 0. The lowest BCUT2D eigenvalue weighted by Gasteiger charge is -2.43. The van der Waals surface area contributed by atoms with Crippen LogP contribution in [0.4, 0.5) is 0 Å². The Morgan fingerprint density at radius 1 is 1.14 bits per heavy atom. The molecular formula is C17H25N3O2. The molecule has 0 aromatic heterocycles. The van der Waals surface area contributed by atoms with Gasteiger partial charge in [-0.05, 0) is 26.1 Å². The Morgan fingerprint density at radius 2 is 1.77 bits per heavy atom. The summed E-state index contributed by atoms with van der Waals surface area (Å²) >= 11 is 0. The molecule has 1 amide bonds. The Hall–Kier alpha value is -1.59. The number of amides is 1.